The first kappa shape index (κ1) is 19.5. The number of hydrogen-bond acceptors (Lipinski definition) is 8. The quantitative estimate of drug-likeness (QED) is 0.231. The van der Waals surface area contributed by atoms with Crippen molar-refractivity contribution in [2.45, 2.75) is 13.0 Å². The molecule has 0 radical (unpaired) electrons. The molecule has 0 saturated heterocycles. The molecule has 2 aromatic carbocycles. The number of hydrogen-bond donors (Lipinski definition) is 5. The molecule has 0 aliphatic heterocycles. The van der Waals surface area contributed by atoms with Gasteiger partial charge in [0.2, 0.25) is 5.88 Å². The molecule has 1 atom stereocenters. The lowest BCUT2D eigenvalue weighted by molar-refractivity contribution is 0.264. The predicted molar refractivity (Wildman–Crippen MR) is 111 cm³/mol. The summed E-state index contributed by atoms with van der Waals surface area (Å²) in [6.45, 7) is 1.61. The van der Waals surface area contributed by atoms with Crippen LogP contribution in [0.5, 0.6) is 5.88 Å². The van der Waals surface area contributed by atoms with Gasteiger partial charge >= 0.3 is 0 Å². The summed E-state index contributed by atoms with van der Waals surface area (Å²) in [4.78, 5) is 0. The Morgan fingerprint density at radius 2 is 1.75 bits per heavy atom. The average molecular weight is 396 g/mol. The van der Waals surface area contributed by atoms with Gasteiger partial charge < -0.3 is 20.8 Å². The minimum atomic E-state index is -0.311. The molecule has 1 aromatic heterocycles. The van der Waals surface area contributed by atoms with E-state index in [1.807, 2.05) is 54.6 Å². The molecular formula is C19H20N6O2S. The van der Waals surface area contributed by atoms with Crippen LogP contribution in [0.15, 0.2) is 64.8 Å². The second kappa shape index (κ2) is 9.07. The monoisotopic (exact) mass is 396 g/mol. The SMILES string of the molecule is CC(CO)NC(=N)c1c(O)nsc1Nc1ccc(/N=N/c2ccccc2)cc1. The number of anilines is 2. The fourth-order valence-electron chi connectivity index (χ4n) is 2.31. The van der Waals surface area contributed by atoms with Crippen LogP contribution < -0.4 is 10.6 Å². The summed E-state index contributed by atoms with van der Waals surface area (Å²) in [5.41, 5.74) is 2.50. The molecule has 1 heterocycles. The van der Waals surface area contributed by atoms with E-state index in [-0.39, 0.29) is 29.9 Å². The molecular weight excluding hydrogens is 376 g/mol. The fraction of sp³-hybridized carbons (Fsp3) is 0.158. The Kier molecular flexibility index (Phi) is 6.30. The van der Waals surface area contributed by atoms with E-state index < -0.39 is 0 Å². The van der Waals surface area contributed by atoms with Gasteiger partial charge in [-0.3, -0.25) is 5.41 Å². The van der Waals surface area contributed by atoms with Crippen LogP contribution in [0.2, 0.25) is 0 Å². The standard InChI is InChI=1S/C19H20N6O2S/c1-12(11-26)21-17(20)16-18(27)25-28-19(16)22-13-7-9-15(10-8-13)24-23-14-5-3-2-4-6-14/h2-10,12,22,26H,11H2,1H3,(H2,20,21)(H,25,27)/b24-23+. The van der Waals surface area contributed by atoms with E-state index in [4.69, 9.17) is 10.5 Å². The Morgan fingerprint density at radius 1 is 1.11 bits per heavy atom. The Hall–Kier alpha value is -3.30. The first-order chi connectivity index (χ1) is 13.6. The number of benzene rings is 2. The highest BCUT2D eigenvalue weighted by molar-refractivity contribution is 7.11. The summed E-state index contributed by atoms with van der Waals surface area (Å²) in [7, 11) is 0. The van der Waals surface area contributed by atoms with Crippen molar-refractivity contribution in [3.05, 3.63) is 60.2 Å². The number of aromatic hydroxyl groups is 1. The number of azo groups is 1. The fourth-order valence-corrected chi connectivity index (χ4v) is 3.03. The largest absolute Gasteiger partial charge is 0.492 e. The third kappa shape index (κ3) is 4.90. The molecule has 1 unspecified atom stereocenters. The van der Waals surface area contributed by atoms with Crippen LogP contribution in [0, 0.1) is 5.41 Å². The van der Waals surface area contributed by atoms with Crippen molar-refractivity contribution in [3.63, 3.8) is 0 Å². The highest BCUT2D eigenvalue weighted by atomic mass is 32.1. The second-order valence-electron chi connectivity index (χ2n) is 6.02. The third-order valence-corrected chi connectivity index (χ3v) is 4.50. The first-order valence-electron chi connectivity index (χ1n) is 8.55. The van der Waals surface area contributed by atoms with Crippen molar-refractivity contribution >= 4 is 39.4 Å². The molecule has 8 nitrogen and oxygen atoms in total. The molecule has 28 heavy (non-hydrogen) atoms. The number of aliphatic hydroxyl groups is 1. The molecule has 0 spiro atoms. The van der Waals surface area contributed by atoms with E-state index in [0.29, 0.717) is 10.7 Å². The van der Waals surface area contributed by atoms with Crippen LogP contribution in [0.25, 0.3) is 0 Å². The van der Waals surface area contributed by atoms with Gasteiger partial charge in [0.25, 0.3) is 0 Å². The number of nitrogens with one attached hydrogen (secondary N) is 3. The molecule has 0 aliphatic carbocycles. The summed E-state index contributed by atoms with van der Waals surface area (Å²) >= 11 is 1.05. The predicted octanol–water partition coefficient (Wildman–Crippen LogP) is 4.30. The number of rotatable bonds is 7. The van der Waals surface area contributed by atoms with E-state index in [1.54, 1.807) is 6.92 Å². The maximum absolute atomic E-state index is 9.98. The lowest BCUT2D eigenvalue weighted by Gasteiger charge is -2.14. The highest BCUT2D eigenvalue weighted by Crippen LogP contribution is 2.32. The normalized spacial score (nSPS) is 12.1. The Morgan fingerprint density at radius 3 is 2.39 bits per heavy atom. The molecule has 0 saturated carbocycles. The van der Waals surface area contributed by atoms with Gasteiger partial charge in [0, 0.05) is 11.7 Å². The van der Waals surface area contributed by atoms with Gasteiger partial charge in [0.1, 0.15) is 16.4 Å². The summed E-state index contributed by atoms with van der Waals surface area (Å²) in [5.74, 6) is -0.244. The van der Waals surface area contributed by atoms with Crippen molar-refractivity contribution in [1.29, 1.82) is 5.41 Å². The molecule has 3 aromatic rings. The molecule has 0 bridgehead atoms. The van der Waals surface area contributed by atoms with Gasteiger partial charge in [0.05, 0.1) is 18.0 Å². The van der Waals surface area contributed by atoms with Crippen molar-refractivity contribution < 1.29 is 10.2 Å². The molecule has 3 rings (SSSR count). The van der Waals surface area contributed by atoms with Crippen LogP contribution in [0.1, 0.15) is 12.5 Å². The number of aromatic nitrogens is 1. The third-order valence-electron chi connectivity index (χ3n) is 3.75. The Bertz CT molecular complexity index is 956. The van der Waals surface area contributed by atoms with Gasteiger partial charge in [-0.25, -0.2) is 0 Å². The van der Waals surface area contributed by atoms with Crippen molar-refractivity contribution in [2.75, 3.05) is 11.9 Å². The number of aliphatic hydroxyl groups excluding tert-OH is 1. The van der Waals surface area contributed by atoms with Crippen LogP contribution in [0.3, 0.4) is 0 Å². The summed E-state index contributed by atoms with van der Waals surface area (Å²) in [6, 6.07) is 16.4. The second-order valence-corrected chi connectivity index (χ2v) is 6.79. The first-order valence-corrected chi connectivity index (χ1v) is 9.33. The maximum Gasteiger partial charge on any atom is 0.236 e. The van der Waals surface area contributed by atoms with Crippen LogP contribution in [-0.4, -0.2) is 33.1 Å². The van der Waals surface area contributed by atoms with Crippen molar-refractivity contribution in [2.24, 2.45) is 10.2 Å². The lowest BCUT2D eigenvalue weighted by atomic mass is 10.2. The minimum absolute atomic E-state index is 0.0106. The van der Waals surface area contributed by atoms with E-state index in [9.17, 15) is 5.11 Å². The van der Waals surface area contributed by atoms with Crippen LogP contribution in [0.4, 0.5) is 22.1 Å². The molecule has 144 valence electrons. The summed E-state index contributed by atoms with van der Waals surface area (Å²) in [6.07, 6.45) is 0. The van der Waals surface area contributed by atoms with Crippen molar-refractivity contribution in [3.8, 4) is 5.88 Å². The van der Waals surface area contributed by atoms with Gasteiger partial charge in [-0.05, 0) is 54.9 Å². The van der Waals surface area contributed by atoms with Gasteiger partial charge in [-0.2, -0.15) is 14.6 Å². The summed E-state index contributed by atoms with van der Waals surface area (Å²) < 4.78 is 3.91. The average Bonchev–Trinajstić information content (AvgIpc) is 3.08. The Balaban J connectivity index is 1.71. The van der Waals surface area contributed by atoms with E-state index in [2.05, 4.69) is 25.2 Å². The zero-order chi connectivity index (χ0) is 19.9. The van der Waals surface area contributed by atoms with Gasteiger partial charge in [-0.1, -0.05) is 18.2 Å². The molecule has 0 fully saturated rings. The zero-order valence-electron chi connectivity index (χ0n) is 15.1. The molecule has 5 N–H and O–H groups in total. The lowest BCUT2D eigenvalue weighted by Crippen LogP contribution is -2.35. The zero-order valence-corrected chi connectivity index (χ0v) is 15.9. The van der Waals surface area contributed by atoms with E-state index in [0.717, 1.165) is 22.9 Å². The smallest absolute Gasteiger partial charge is 0.236 e. The van der Waals surface area contributed by atoms with E-state index in [1.165, 1.54) is 0 Å². The summed E-state index contributed by atoms with van der Waals surface area (Å²) in [5, 5.41) is 42.1. The molecule has 9 heteroatoms. The highest BCUT2D eigenvalue weighted by Gasteiger charge is 2.19. The van der Waals surface area contributed by atoms with E-state index >= 15 is 0 Å². The Labute approximate surface area is 166 Å². The molecule has 0 amide bonds. The molecule has 0 aliphatic rings. The number of nitrogens with zero attached hydrogens (tertiary/aromatic N) is 3. The van der Waals surface area contributed by atoms with Gasteiger partial charge in [0.15, 0.2) is 0 Å². The van der Waals surface area contributed by atoms with Crippen LogP contribution >= 0.6 is 11.5 Å². The number of amidine groups is 1. The van der Waals surface area contributed by atoms with Gasteiger partial charge in [-0.15, -0.1) is 0 Å². The van der Waals surface area contributed by atoms with Crippen LogP contribution in [-0.2, 0) is 0 Å². The maximum atomic E-state index is 9.98. The van der Waals surface area contributed by atoms with Crippen molar-refractivity contribution in [1.82, 2.24) is 9.69 Å². The topological polar surface area (TPSA) is 126 Å². The minimum Gasteiger partial charge on any atom is -0.492 e.